The number of aromatic amines is 1. The third-order valence-electron chi connectivity index (χ3n) is 1.77. The number of anilines is 2. The van der Waals surface area contributed by atoms with Crippen LogP contribution < -0.4 is 16.6 Å². The van der Waals surface area contributed by atoms with Crippen molar-refractivity contribution in [2.45, 2.75) is 0 Å². The molecule has 8 nitrogen and oxygen atoms in total. The van der Waals surface area contributed by atoms with E-state index in [4.69, 9.17) is 5.84 Å². The number of amides is 1. The zero-order chi connectivity index (χ0) is 11.4. The number of carbonyl (C=O) groups excluding carboxylic acids is 1. The van der Waals surface area contributed by atoms with Crippen molar-refractivity contribution in [2.24, 2.45) is 5.84 Å². The summed E-state index contributed by atoms with van der Waals surface area (Å²) in [7, 11) is 0. The molecule has 0 aliphatic carbocycles. The van der Waals surface area contributed by atoms with Crippen LogP contribution in [0.2, 0.25) is 0 Å². The van der Waals surface area contributed by atoms with E-state index in [0.717, 1.165) is 0 Å². The Morgan fingerprint density at radius 2 is 2.25 bits per heavy atom. The monoisotopic (exact) mass is 219 g/mol. The van der Waals surface area contributed by atoms with Crippen LogP contribution in [-0.4, -0.2) is 26.1 Å². The van der Waals surface area contributed by atoms with Crippen LogP contribution in [0.3, 0.4) is 0 Å². The molecule has 2 aromatic heterocycles. The van der Waals surface area contributed by atoms with Gasteiger partial charge in [-0.15, -0.1) is 0 Å². The summed E-state index contributed by atoms with van der Waals surface area (Å²) in [6, 6.07) is 0. The molecule has 0 saturated carbocycles. The van der Waals surface area contributed by atoms with Crippen molar-refractivity contribution in [1.29, 1.82) is 0 Å². The number of rotatable bonds is 3. The van der Waals surface area contributed by atoms with Gasteiger partial charge in [0.25, 0.3) is 5.91 Å². The lowest BCUT2D eigenvalue weighted by Gasteiger charge is -2.02. The first-order valence-corrected chi connectivity index (χ1v) is 4.38. The van der Waals surface area contributed by atoms with Crippen molar-refractivity contribution >= 4 is 17.4 Å². The van der Waals surface area contributed by atoms with Crippen molar-refractivity contribution in [2.75, 3.05) is 10.7 Å². The fraction of sp³-hybridized carbons (Fsp3) is 0. The van der Waals surface area contributed by atoms with Gasteiger partial charge in [0.05, 0.1) is 24.3 Å². The summed E-state index contributed by atoms with van der Waals surface area (Å²) in [6.45, 7) is 0. The normalized spacial score (nSPS) is 9.81. The Balaban J connectivity index is 2.14. The highest BCUT2D eigenvalue weighted by molar-refractivity contribution is 6.02. The molecule has 5 N–H and O–H groups in total. The summed E-state index contributed by atoms with van der Waals surface area (Å²) in [5.74, 6) is 5.09. The van der Waals surface area contributed by atoms with Crippen LogP contribution in [0.4, 0.5) is 11.5 Å². The Kier molecular flexibility index (Phi) is 2.74. The first kappa shape index (κ1) is 10.1. The van der Waals surface area contributed by atoms with Crippen LogP contribution in [0, 0.1) is 0 Å². The summed E-state index contributed by atoms with van der Waals surface area (Å²) in [4.78, 5) is 19.4. The summed E-state index contributed by atoms with van der Waals surface area (Å²) in [5.41, 5.74) is 3.03. The number of carbonyl (C=O) groups is 1. The van der Waals surface area contributed by atoms with Gasteiger partial charge < -0.3 is 10.7 Å². The number of aromatic nitrogens is 4. The summed E-state index contributed by atoms with van der Waals surface area (Å²) >= 11 is 0. The largest absolute Gasteiger partial charge is 0.318 e. The lowest BCUT2D eigenvalue weighted by atomic mass is 10.4. The van der Waals surface area contributed by atoms with Gasteiger partial charge in [-0.3, -0.25) is 14.9 Å². The highest BCUT2D eigenvalue weighted by Crippen LogP contribution is 2.05. The molecule has 2 heterocycles. The van der Waals surface area contributed by atoms with Crippen LogP contribution in [0.1, 0.15) is 10.5 Å². The molecule has 2 aromatic rings. The minimum absolute atomic E-state index is 0.164. The molecule has 0 bridgehead atoms. The molecule has 0 atom stereocenters. The van der Waals surface area contributed by atoms with E-state index in [1.54, 1.807) is 6.20 Å². The number of hydrogen-bond acceptors (Lipinski definition) is 6. The molecule has 0 aliphatic heterocycles. The molecule has 0 radical (unpaired) electrons. The molecule has 0 fully saturated rings. The third-order valence-corrected chi connectivity index (χ3v) is 1.77. The number of nitrogens with one attached hydrogen (secondary N) is 3. The Labute approximate surface area is 90.3 Å². The number of nitrogens with two attached hydrogens (primary N) is 1. The average Bonchev–Trinajstić information content (AvgIpc) is 2.82. The van der Waals surface area contributed by atoms with E-state index in [9.17, 15) is 4.79 Å². The number of nitrogen functional groups attached to an aromatic ring is 1. The fourth-order valence-electron chi connectivity index (χ4n) is 1.06. The van der Waals surface area contributed by atoms with Crippen LogP contribution in [0.15, 0.2) is 24.8 Å². The second kappa shape index (κ2) is 4.36. The average molecular weight is 219 g/mol. The molecule has 0 aliphatic rings. The Morgan fingerprint density at radius 3 is 2.94 bits per heavy atom. The van der Waals surface area contributed by atoms with Gasteiger partial charge in [-0.05, 0) is 0 Å². The van der Waals surface area contributed by atoms with Gasteiger partial charge in [-0.25, -0.2) is 10.8 Å². The van der Waals surface area contributed by atoms with Gasteiger partial charge in [-0.1, -0.05) is 0 Å². The maximum Gasteiger partial charge on any atom is 0.276 e. The summed E-state index contributed by atoms with van der Waals surface area (Å²) < 4.78 is 0. The first-order valence-electron chi connectivity index (χ1n) is 4.38. The molecule has 8 heteroatoms. The van der Waals surface area contributed by atoms with E-state index in [2.05, 4.69) is 30.9 Å². The maximum absolute atomic E-state index is 11.7. The standard InChI is InChI=1S/C8H9N7O/c9-15-7-4-10-3-6(14-7)8(16)13-5-1-11-12-2-5/h1-4H,9H2,(H,11,12)(H,13,16)(H,14,15). The van der Waals surface area contributed by atoms with E-state index >= 15 is 0 Å². The smallest absolute Gasteiger partial charge is 0.276 e. The highest BCUT2D eigenvalue weighted by atomic mass is 16.1. The van der Waals surface area contributed by atoms with E-state index < -0.39 is 0 Å². The number of hydrogen-bond donors (Lipinski definition) is 4. The van der Waals surface area contributed by atoms with Crippen molar-refractivity contribution in [1.82, 2.24) is 20.2 Å². The Bertz CT molecular complexity index is 481. The third kappa shape index (κ3) is 2.12. The van der Waals surface area contributed by atoms with E-state index in [0.29, 0.717) is 11.5 Å². The zero-order valence-corrected chi connectivity index (χ0v) is 8.14. The van der Waals surface area contributed by atoms with E-state index in [1.165, 1.54) is 18.6 Å². The lowest BCUT2D eigenvalue weighted by molar-refractivity contribution is 0.102. The molecule has 0 saturated heterocycles. The second-order valence-corrected chi connectivity index (χ2v) is 2.87. The molecule has 16 heavy (non-hydrogen) atoms. The first-order chi connectivity index (χ1) is 7.79. The Morgan fingerprint density at radius 1 is 1.38 bits per heavy atom. The van der Waals surface area contributed by atoms with Gasteiger partial charge in [0.15, 0.2) is 5.82 Å². The SMILES string of the molecule is NNc1cncc(C(=O)Nc2cn[nH]c2)n1. The van der Waals surface area contributed by atoms with Crippen molar-refractivity contribution in [3.63, 3.8) is 0 Å². The van der Waals surface area contributed by atoms with E-state index in [1.807, 2.05) is 0 Å². The fourth-order valence-corrected chi connectivity index (χ4v) is 1.06. The van der Waals surface area contributed by atoms with E-state index in [-0.39, 0.29) is 11.6 Å². The molecule has 0 unspecified atom stereocenters. The van der Waals surface area contributed by atoms with Crippen LogP contribution >= 0.6 is 0 Å². The number of H-pyrrole nitrogens is 1. The van der Waals surface area contributed by atoms with Gasteiger partial charge in [0, 0.05) is 6.20 Å². The second-order valence-electron chi connectivity index (χ2n) is 2.87. The summed E-state index contributed by atoms with van der Waals surface area (Å²) in [5, 5.41) is 8.86. The van der Waals surface area contributed by atoms with Crippen molar-refractivity contribution < 1.29 is 4.79 Å². The quantitative estimate of drug-likeness (QED) is 0.416. The van der Waals surface area contributed by atoms with Crippen LogP contribution in [0.25, 0.3) is 0 Å². The summed E-state index contributed by atoms with van der Waals surface area (Å²) in [6.07, 6.45) is 5.79. The van der Waals surface area contributed by atoms with Gasteiger partial charge >= 0.3 is 0 Å². The molecular formula is C8H9N7O. The zero-order valence-electron chi connectivity index (χ0n) is 8.14. The molecule has 2 rings (SSSR count). The predicted molar refractivity (Wildman–Crippen MR) is 56.4 cm³/mol. The maximum atomic E-state index is 11.7. The number of hydrazine groups is 1. The molecule has 82 valence electrons. The lowest BCUT2D eigenvalue weighted by Crippen LogP contribution is -2.16. The van der Waals surface area contributed by atoms with Crippen molar-refractivity contribution in [3.8, 4) is 0 Å². The molecule has 0 aromatic carbocycles. The van der Waals surface area contributed by atoms with Crippen LogP contribution in [0.5, 0.6) is 0 Å². The minimum atomic E-state index is -0.383. The topological polar surface area (TPSA) is 122 Å². The Hall–Kier alpha value is -2.48. The molecule has 1 amide bonds. The highest BCUT2D eigenvalue weighted by Gasteiger charge is 2.09. The van der Waals surface area contributed by atoms with Crippen molar-refractivity contribution in [3.05, 3.63) is 30.5 Å². The van der Waals surface area contributed by atoms with Gasteiger partial charge in [0.2, 0.25) is 0 Å². The molecule has 0 spiro atoms. The van der Waals surface area contributed by atoms with Gasteiger partial charge in [-0.2, -0.15) is 5.10 Å². The molecular weight excluding hydrogens is 210 g/mol. The number of nitrogens with zero attached hydrogens (tertiary/aromatic N) is 3. The van der Waals surface area contributed by atoms with Gasteiger partial charge in [0.1, 0.15) is 5.69 Å². The van der Waals surface area contributed by atoms with Crippen LogP contribution in [-0.2, 0) is 0 Å². The predicted octanol–water partition coefficient (Wildman–Crippen LogP) is -0.262. The minimum Gasteiger partial charge on any atom is -0.318 e.